The second-order valence-electron chi connectivity index (χ2n) is 5.51. The molecule has 5 heteroatoms. The molecule has 5 nitrogen and oxygen atoms in total. The van der Waals surface area contributed by atoms with Crippen LogP contribution in [-0.2, 0) is 14.3 Å². The molecule has 0 aromatic rings. The summed E-state index contributed by atoms with van der Waals surface area (Å²) in [5, 5.41) is 12.0. The van der Waals surface area contributed by atoms with Crippen LogP contribution in [-0.4, -0.2) is 49.6 Å². The number of hydrogen-bond acceptors (Lipinski definition) is 4. The second-order valence-corrected chi connectivity index (χ2v) is 5.51. The van der Waals surface area contributed by atoms with E-state index in [0.717, 1.165) is 32.1 Å². The first-order valence-electron chi connectivity index (χ1n) is 7.08. The van der Waals surface area contributed by atoms with Crippen LogP contribution in [0.25, 0.3) is 0 Å². The maximum atomic E-state index is 11.1. The highest BCUT2D eigenvalue weighted by Crippen LogP contribution is 2.23. The minimum absolute atomic E-state index is 0.268. The number of hydrogen-bond donors (Lipinski definition) is 2. The average molecular weight is 273 g/mol. The van der Waals surface area contributed by atoms with E-state index in [1.54, 1.807) is 21.1 Å². The van der Waals surface area contributed by atoms with Crippen molar-refractivity contribution in [2.75, 3.05) is 20.8 Å². The van der Waals surface area contributed by atoms with Crippen molar-refractivity contribution in [1.82, 2.24) is 5.32 Å². The van der Waals surface area contributed by atoms with Gasteiger partial charge in [0.15, 0.2) is 0 Å². The Bertz CT molecular complexity index is 285. The lowest BCUT2D eigenvalue weighted by molar-refractivity contribution is -0.144. The Balaban J connectivity index is 2.21. The van der Waals surface area contributed by atoms with Crippen molar-refractivity contribution in [3.63, 3.8) is 0 Å². The Morgan fingerprint density at radius 3 is 2.68 bits per heavy atom. The van der Waals surface area contributed by atoms with Crippen molar-refractivity contribution in [2.24, 2.45) is 0 Å². The Morgan fingerprint density at radius 1 is 1.42 bits per heavy atom. The molecule has 3 unspecified atom stereocenters. The molecule has 3 atom stereocenters. The van der Waals surface area contributed by atoms with E-state index >= 15 is 0 Å². The highest BCUT2D eigenvalue weighted by atomic mass is 16.5. The SMILES string of the molecule is CNC(C)(CCCOC1CCCC(OC)C1)C(=O)O. The van der Waals surface area contributed by atoms with Crippen LogP contribution in [0.4, 0.5) is 0 Å². The Morgan fingerprint density at radius 2 is 2.11 bits per heavy atom. The van der Waals surface area contributed by atoms with Crippen LogP contribution in [0.5, 0.6) is 0 Å². The zero-order chi connectivity index (χ0) is 14.3. The molecule has 1 aliphatic rings. The zero-order valence-corrected chi connectivity index (χ0v) is 12.3. The summed E-state index contributed by atoms with van der Waals surface area (Å²) in [5.41, 5.74) is -0.856. The fourth-order valence-corrected chi connectivity index (χ4v) is 2.48. The van der Waals surface area contributed by atoms with Gasteiger partial charge in [0.2, 0.25) is 0 Å². The minimum atomic E-state index is -0.856. The van der Waals surface area contributed by atoms with Gasteiger partial charge in [0.25, 0.3) is 0 Å². The maximum absolute atomic E-state index is 11.1. The number of carbonyl (C=O) groups is 1. The summed E-state index contributed by atoms with van der Waals surface area (Å²) < 4.78 is 11.2. The number of nitrogens with one attached hydrogen (secondary N) is 1. The summed E-state index contributed by atoms with van der Waals surface area (Å²) in [6, 6.07) is 0. The van der Waals surface area contributed by atoms with Gasteiger partial charge in [0, 0.05) is 13.7 Å². The molecule has 1 saturated carbocycles. The number of ether oxygens (including phenoxy) is 2. The van der Waals surface area contributed by atoms with Crippen LogP contribution < -0.4 is 5.32 Å². The summed E-state index contributed by atoms with van der Waals surface area (Å²) in [6.07, 6.45) is 6.21. The van der Waals surface area contributed by atoms with Crippen molar-refractivity contribution in [3.8, 4) is 0 Å². The van der Waals surface area contributed by atoms with Gasteiger partial charge in [0.1, 0.15) is 5.54 Å². The van der Waals surface area contributed by atoms with Gasteiger partial charge in [-0.1, -0.05) is 0 Å². The number of rotatable bonds is 8. The average Bonchev–Trinajstić information content (AvgIpc) is 2.43. The first kappa shape index (κ1) is 16.4. The van der Waals surface area contributed by atoms with Gasteiger partial charge in [-0.25, -0.2) is 0 Å². The van der Waals surface area contributed by atoms with Crippen molar-refractivity contribution in [2.45, 2.75) is 63.2 Å². The van der Waals surface area contributed by atoms with Crippen LogP contribution in [0, 0.1) is 0 Å². The lowest BCUT2D eigenvalue weighted by Crippen LogP contribution is -2.47. The summed E-state index contributed by atoms with van der Waals surface area (Å²) in [4.78, 5) is 11.1. The van der Waals surface area contributed by atoms with E-state index in [-0.39, 0.29) is 6.10 Å². The van der Waals surface area contributed by atoms with Crippen LogP contribution in [0.15, 0.2) is 0 Å². The van der Waals surface area contributed by atoms with Crippen LogP contribution >= 0.6 is 0 Å². The van der Waals surface area contributed by atoms with Crippen LogP contribution in [0.2, 0.25) is 0 Å². The molecule has 0 heterocycles. The summed E-state index contributed by atoms with van der Waals surface area (Å²) >= 11 is 0. The predicted molar refractivity (Wildman–Crippen MR) is 73.3 cm³/mol. The van der Waals surface area contributed by atoms with Gasteiger partial charge >= 0.3 is 5.97 Å². The largest absolute Gasteiger partial charge is 0.480 e. The van der Waals surface area contributed by atoms with Crippen LogP contribution in [0.1, 0.15) is 45.4 Å². The molecular formula is C14H27NO4. The van der Waals surface area contributed by atoms with E-state index in [9.17, 15) is 4.79 Å². The summed E-state index contributed by atoms with van der Waals surface area (Å²) in [6.45, 7) is 2.32. The third kappa shape index (κ3) is 5.09. The lowest BCUT2D eigenvalue weighted by atomic mass is 9.94. The molecule has 2 N–H and O–H groups in total. The number of methoxy groups -OCH3 is 1. The molecular weight excluding hydrogens is 246 g/mol. The first-order chi connectivity index (χ1) is 9.01. The molecule has 0 radical (unpaired) electrons. The van der Waals surface area contributed by atoms with E-state index in [2.05, 4.69) is 5.32 Å². The fraction of sp³-hybridized carbons (Fsp3) is 0.929. The molecule has 0 saturated heterocycles. The monoisotopic (exact) mass is 273 g/mol. The van der Waals surface area contributed by atoms with Crippen molar-refractivity contribution >= 4 is 5.97 Å². The molecule has 0 aromatic heterocycles. The number of carboxylic acids is 1. The highest BCUT2D eigenvalue weighted by Gasteiger charge is 2.30. The predicted octanol–water partition coefficient (Wildman–Crippen LogP) is 1.80. The van der Waals surface area contributed by atoms with Gasteiger partial charge in [0.05, 0.1) is 12.2 Å². The lowest BCUT2D eigenvalue weighted by Gasteiger charge is -2.29. The van der Waals surface area contributed by atoms with Crippen LogP contribution in [0.3, 0.4) is 0 Å². The zero-order valence-electron chi connectivity index (χ0n) is 12.3. The van der Waals surface area contributed by atoms with Crippen molar-refractivity contribution in [3.05, 3.63) is 0 Å². The van der Waals surface area contributed by atoms with Gasteiger partial charge in [-0.3, -0.25) is 4.79 Å². The van der Waals surface area contributed by atoms with E-state index < -0.39 is 11.5 Å². The summed E-state index contributed by atoms with van der Waals surface area (Å²) in [5.74, 6) is -0.813. The molecule has 1 rings (SSSR count). The normalized spacial score (nSPS) is 26.9. The molecule has 0 aliphatic heterocycles. The van der Waals surface area contributed by atoms with Gasteiger partial charge in [-0.05, 0) is 52.5 Å². The topological polar surface area (TPSA) is 67.8 Å². The van der Waals surface area contributed by atoms with E-state index in [1.165, 1.54) is 0 Å². The van der Waals surface area contributed by atoms with Gasteiger partial charge in [-0.15, -0.1) is 0 Å². The number of carboxylic acid groups (broad SMARTS) is 1. The smallest absolute Gasteiger partial charge is 0.323 e. The molecule has 0 amide bonds. The Hall–Kier alpha value is -0.650. The Labute approximate surface area is 115 Å². The fourth-order valence-electron chi connectivity index (χ4n) is 2.48. The van der Waals surface area contributed by atoms with E-state index in [1.807, 2.05) is 0 Å². The number of likely N-dealkylation sites (N-methyl/N-ethyl adjacent to an activating group) is 1. The van der Waals surface area contributed by atoms with E-state index in [4.69, 9.17) is 14.6 Å². The Kier molecular flexibility index (Phi) is 6.75. The first-order valence-corrected chi connectivity index (χ1v) is 7.08. The van der Waals surface area contributed by atoms with Gasteiger partial charge in [-0.2, -0.15) is 0 Å². The minimum Gasteiger partial charge on any atom is -0.480 e. The van der Waals surface area contributed by atoms with Gasteiger partial charge < -0.3 is 19.9 Å². The molecule has 0 bridgehead atoms. The van der Waals surface area contributed by atoms with Crippen molar-refractivity contribution in [1.29, 1.82) is 0 Å². The molecule has 0 aromatic carbocycles. The third-order valence-electron chi connectivity index (χ3n) is 4.11. The highest BCUT2D eigenvalue weighted by molar-refractivity contribution is 5.78. The quantitative estimate of drug-likeness (QED) is 0.660. The van der Waals surface area contributed by atoms with Crippen molar-refractivity contribution < 1.29 is 19.4 Å². The second kappa shape index (κ2) is 7.82. The standard InChI is InChI=1S/C14H27NO4/c1-14(15-2,13(16)17)8-5-9-19-12-7-4-6-11(10-12)18-3/h11-12,15H,4-10H2,1-3H3,(H,16,17). The number of aliphatic carboxylic acids is 1. The molecule has 112 valence electrons. The molecule has 1 aliphatic carbocycles. The van der Waals surface area contributed by atoms with E-state index in [0.29, 0.717) is 19.1 Å². The molecule has 19 heavy (non-hydrogen) atoms. The molecule has 0 spiro atoms. The summed E-state index contributed by atoms with van der Waals surface area (Å²) in [7, 11) is 3.43. The molecule has 1 fully saturated rings. The third-order valence-corrected chi connectivity index (χ3v) is 4.11. The maximum Gasteiger partial charge on any atom is 0.323 e.